The third-order valence-corrected chi connectivity index (χ3v) is 3.50. The molecule has 0 saturated heterocycles. The minimum Gasteiger partial charge on any atom is -0.358 e. The number of aromatic amines is 1. The molecule has 0 aliphatic rings. The van der Waals surface area contributed by atoms with Crippen molar-refractivity contribution in [1.82, 2.24) is 4.98 Å². The molecule has 0 aliphatic heterocycles. The van der Waals surface area contributed by atoms with Crippen LogP contribution in [0, 0.1) is 4.51 Å². The molecule has 17 heavy (non-hydrogen) atoms. The number of hydrogen-bond acceptors (Lipinski definition) is 1. The van der Waals surface area contributed by atoms with Gasteiger partial charge in [0.1, 0.15) is 0 Å². The second-order valence-corrected chi connectivity index (χ2v) is 5.61. The largest absolute Gasteiger partial charge is 0.358 e. The fourth-order valence-corrected chi connectivity index (χ4v) is 2.40. The zero-order chi connectivity index (χ0) is 12.6. The number of rotatable bonds is 2. The van der Waals surface area contributed by atoms with Crippen LogP contribution in [0.15, 0.2) is 24.3 Å². The maximum absolute atomic E-state index is 5.49. The fraction of sp³-hybridized carbons (Fsp3) is 0.400. The van der Waals surface area contributed by atoms with Crippen molar-refractivity contribution in [3.8, 4) is 0 Å². The van der Waals surface area contributed by atoms with Gasteiger partial charge < -0.3 is 4.98 Å². The molecule has 0 unspecified atom stereocenters. The molecule has 0 spiro atoms. The number of para-hydroxylation sites is 1. The van der Waals surface area contributed by atoms with E-state index in [1.54, 1.807) is 0 Å². The molecule has 0 fully saturated rings. The second-order valence-electron chi connectivity index (χ2n) is 5.17. The summed E-state index contributed by atoms with van der Waals surface area (Å²) in [6.07, 6.45) is 0. The van der Waals surface area contributed by atoms with Crippen LogP contribution in [0.2, 0.25) is 0 Å². The van der Waals surface area contributed by atoms with Gasteiger partial charge in [0.05, 0.1) is 5.52 Å². The molecule has 2 heteroatoms. The first-order chi connectivity index (χ1) is 8.00. The fourth-order valence-electron chi connectivity index (χ4n) is 2.11. The summed E-state index contributed by atoms with van der Waals surface area (Å²) in [5.41, 5.74) is 3.77. The van der Waals surface area contributed by atoms with E-state index in [1.807, 2.05) is 0 Å². The molecule has 0 saturated carbocycles. The summed E-state index contributed by atoms with van der Waals surface area (Å²) >= 11 is 5.49. The quantitative estimate of drug-likeness (QED) is 0.724. The van der Waals surface area contributed by atoms with E-state index < -0.39 is 0 Å². The summed E-state index contributed by atoms with van der Waals surface area (Å²) in [7, 11) is 0. The molecule has 0 atom stereocenters. The maximum Gasteiger partial charge on any atom is 0.0505 e. The van der Waals surface area contributed by atoms with Crippen molar-refractivity contribution >= 4 is 23.1 Å². The first-order valence-electron chi connectivity index (χ1n) is 6.16. The molecule has 1 heterocycles. The summed E-state index contributed by atoms with van der Waals surface area (Å²) in [5.74, 6) is 0.980. The van der Waals surface area contributed by atoms with Crippen LogP contribution in [0.3, 0.4) is 0 Å². The highest BCUT2D eigenvalue weighted by molar-refractivity contribution is 7.71. The van der Waals surface area contributed by atoms with Crippen LogP contribution >= 0.6 is 12.2 Å². The molecule has 0 aliphatic carbocycles. The van der Waals surface area contributed by atoms with E-state index in [0.29, 0.717) is 11.8 Å². The number of fused-ring (bicyclic) bond motifs is 1. The van der Waals surface area contributed by atoms with Gasteiger partial charge in [0, 0.05) is 15.6 Å². The number of pyridine rings is 1. The highest BCUT2D eigenvalue weighted by atomic mass is 32.1. The van der Waals surface area contributed by atoms with Crippen molar-refractivity contribution in [2.24, 2.45) is 0 Å². The maximum atomic E-state index is 5.49. The molecule has 2 aromatic rings. The first kappa shape index (κ1) is 12.3. The van der Waals surface area contributed by atoms with Gasteiger partial charge in [-0.2, -0.15) is 0 Å². The van der Waals surface area contributed by atoms with E-state index in [2.05, 4.69) is 56.9 Å². The van der Waals surface area contributed by atoms with E-state index in [-0.39, 0.29) is 0 Å². The van der Waals surface area contributed by atoms with Gasteiger partial charge in [-0.1, -0.05) is 58.1 Å². The summed E-state index contributed by atoms with van der Waals surface area (Å²) in [6, 6.07) is 8.47. The van der Waals surface area contributed by atoms with Crippen LogP contribution in [0.5, 0.6) is 0 Å². The third kappa shape index (κ3) is 2.27. The Morgan fingerprint density at radius 2 is 1.76 bits per heavy atom. The molecule has 2 rings (SSSR count). The molecule has 1 aromatic heterocycles. The Morgan fingerprint density at radius 1 is 1.06 bits per heavy atom. The van der Waals surface area contributed by atoms with Crippen molar-refractivity contribution in [2.75, 3.05) is 0 Å². The molecule has 0 amide bonds. The summed E-state index contributed by atoms with van der Waals surface area (Å²) in [5, 5.41) is 1.16. The number of aromatic nitrogens is 1. The predicted molar refractivity (Wildman–Crippen MR) is 77.3 cm³/mol. The van der Waals surface area contributed by atoms with Crippen molar-refractivity contribution in [3.63, 3.8) is 0 Å². The minimum absolute atomic E-state index is 0.473. The smallest absolute Gasteiger partial charge is 0.0505 e. The summed E-state index contributed by atoms with van der Waals surface area (Å²) in [6.45, 7) is 8.80. The number of H-pyrrole nitrogens is 1. The minimum atomic E-state index is 0.473. The first-order valence-corrected chi connectivity index (χ1v) is 6.57. The van der Waals surface area contributed by atoms with Crippen LogP contribution in [0.1, 0.15) is 50.8 Å². The highest BCUT2D eigenvalue weighted by Gasteiger charge is 2.08. The van der Waals surface area contributed by atoms with Crippen LogP contribution in [0.4, 0.5) is 0 Å². The Hall–Kier alpha value is -1.15. The highest BCUT2D eigenvalue weighted by Crippen LogP contribution is 2.26. The average Bonchev–Trinajstić information content (AvgIpc) is 2.27. The van der Waals surface area contributed by atoms with Crippen LogP contribution in [0.25, 0.3) is 10.9 Å². The molecule has 1 nitrogen and oxygen atoms in total. The van der Waals surface area contributed by atoms with Gasteiger partial charge in [0.25, 0.3) is 0 Å². The zero-order valence-electron chi connectivity index (χ0n) is 10.9. The van der Waals surface area contributed by atoms with Crippen molar-refractivity contribution in [3.05, 3.63) is 40.0 Å². The van der Waals surface area contributed by atoms with E-state index in [0.717, 1.165) is 9.90 Å². The lowest BCUT2D eigenvalue weighted by atomic mass is 9.98. The van der Waals surface area contributed by atoms with Gasteiger partial charge in [0.15, 0.2) is 0 Å². The number of benzene rings is 1. The lowest BCUT2D eigenvalue weighted by Crippen LogP contribution is -1.97. The Morgan fingerprint density at radius 3 is 2.35 bits per heavy atom. The Bertz CT molecular complexity index is 593. The Labute approximate surface area is 108 Å². The molecule has 90 valence electrons. The van der Waals surface area contributed by atoms with Gasteiger partial charge >= 0.3 is 0 Å². The van der Waals surface area contributed by atoms with Crippen molar-refractivity contribution < 1.29 is 0 Å². The van der Waals surface area contributed by atoms with E-state index in [1.165, 1.54) is 16.8 Å². The Balaban J connectivity index is 2.83. The second kappa shape index (κ2) is 4.61. The predicted octanol–water partition coefficient (Wildman–Crippen LogP) is 5.14. The monoisotopic (exact) mass is 245 g/mol. The third-order valence-electron chi connectivity index (χ3n) is 3.16. The van der Waals surface area contributed by atoms with Gasteiger partial charge in [-0.15, -0.1) is 0 Å². The molecule has 0 bridgehead atoms. The lowest BCUT2D eigenvalue weighted by molar-refractivity contribution is 0.823. The zero-order valence-corrected chi connectivity index (χ0v) is 11.7. The average molecular weight is 245 g/mol. The number of hydrogen-bond donors (Lipinski definition) is 1. The molecule has 1 aromatic carbocycles. The van der Waals surface area contributed by atoms with Crippen molar-refractivity contribution in [2.45, 2.75) is 39.5 Å². The van der Waals surface area contributed by atoms with Gasteiger partial charge in [0.2, 0.25) is 0 Å². The van der Waals surface area contributed by atoms with E-state index in [9.17, 15) is 0 Å². The van der Waals surface area contributed by atoms with Gasteiger partial charge in [-0.25, -0.2) is 0 Å². The Kier molecular flexibility index (Phi) is 3.34. The normalized spacial score (nSPS) is 11.6. The summed E-state index contributed by atoms with van der Waals surface area (Å²) in [4.78, 5) is 3.55. The van der Waals surface area contributed by atoms with Crippen molar-refractivity contribution in [1.29, 1.82) is 0 Å². The molecular formula is C15H19NS. The van der Waals surface area contributed by atoms with Gasteiger partial charge in [-0.3, -0.25) is 0 Å². The van der Waals surface area contributed by atoms with E-state index in [4.69, 9.17) is 12.2 Å². The molecule has 0 radical (unpaired) electrons. The van der Waals surface area contributed by atoms with Crippen LogP contribution in [-0.4, -0.2) is 4.98 Å². The standard InChI is InChI=1S/C15H19NS/c1-9(2)11-6-5-7-12-14(17)8-13(10(3)4)16-15(11)12/h5-10H,1-4H3,(H,16,17). The van der Waals surface area contributed by atoms with Crippen LogP contribution in [-0.2, 0) is 0 Å². The number of nitrogens with one attached hydrogen (secondary N) is 1. The topological polar surface area (TPSA) is 15.8 Å². The van der Waals surface area contributed by atoms with Gasteiger partial charge in [-0.05, 0) is 23.5 Å². The summed E-state index contributed by atoms with van der Waals surface area (Å²) < 4.78 is 0.949. The van der Waals surface area contributed by atoms with E-state index >= 15 is 0 Å². The SMILES string of the molecule is CC(C)c1cc(=S)c2cccc(C(C)C)c2[nH]1. The molecular weight excluding hydrogens is 226 g/mol. The molecule has 1 N–H and O–H groups in total. The van der Waals surface area contributed by atoms with Crippen LogP contribution < -0.4 is 0 Å². The lowest BCUT2D eigenvalue weighted by Gasteiger charge is -2.13.